The van der Waals surface area contributed by atoms with Gasteiger partial charge in [-0.25, -0.2) is 4.98 Å². The fourth-order valence-corrected chi connectivity index (χ4v) is 2.88. The molecule has 1 aromatic carbocycles. The van der Waals surface area contributed by atoms with E-state index in [1.807, 2.05) is 32.3 Å². The Labute approximate surface area is 175 Å². The van der Waals surface area contributed by atoms with Crippen LogP contribution in [0.5, 0.6) is 0 Å². The van der Waals surface area contributed by atoms with Gasteiger partial charge in [-0.15, -0.1) is 0 Å². The van der Waals surface area contributed by atoms with E-state index in [9.17, 15) is 10.1 Å². The van der Waals surface area contributed by atoms with E-state index in [2.05, 4.69) is 30.5 Å². The van der Waals surface area contributed by atoms with Crippen molar-refractivity contribution in [1.82, 2.24) is 19.9 Å². The molecule has 3 aromatic rings. The summed E-state index contributed by atoms with van der Waals surface area (Å²) in [6.45, 7) is 1.96. The Hall–Kier alpha value is -3.59. The highest BCUT2D eigenvalue weighted by atomic mass is 16.6. The van der Waals surface area contributed by atoms with Crippen molar-refractivity contribution in [2.45, 2.75) is 13.0 Å². The molecule has 0 fully saturated rings. The highest BCUT2D eigenvalue weighted by molar-refractivity contribution is 5.61. The maximum absolute atomic E-state index is 11.3. The molecule has 0 saturated carbocycles. The minimum atomic E-state index is -0.381. The number of nitro groups is 1. The topological polar surface area (TPSA) is 109 Å². The SMILES string of the molecule is CN(C)CCCNc1nc(NCc2ccccc2[N+](=O)[O-])cc(-c2ccccn2)n1. The molecule has 0 saturated heterocycles. The molecule has 0 aliphatic heterocycles. The van der Waals surface area contributed by atoms with E-state index in [0.717, 1.165) is 25.2 Å². The van der Waals surface area contributed by atoms with Crippen LogP contribution in [-0.2, 0) is 6.54 Å². The summed E-state index contributed by atoms with van der Waals surface area (Å²) in [5.74, 6) is 1.06. The Kier molecular flexibility index (Phi) is 7.23. The van der Waals surface area contributed by atoms with E-state index in [1.165, 1.54) is 6.07 Å². The zero-order chi connectivity index (χ0) is 21.3. The lowest BCUT2D eigenvalue weighted by Crippen LogP contribution is -2.17. The number of rotatable bonds is 10. The molecule has 2 N–H and O–H groups in total. The monoisotopic (exact) mass is 407 g/mol. The van der Waals surface area contributed by atoms with Crippen molar-refractivity contribution in [3.63, 3.8) is 0 Å². The van der Waals surface area contributed by atoms with Gasteiger partial charge in [0.1, 0.15) is 5.82 Å². The van der Waals surface area contributed by atoms with Crippen LogP contribution in [0, 0.1) is 10.1 Å². The molecule has 0 unspecified atom stereocenters. The maximum atomic E-state index is 11.3. The summed E-state index contributed by atoms with van der Waals surface area (Å²) in [5.41, 5.74) is 2.06. The second-order valence-electron chi connectivity index (χ2n) is 7.00. The number of nitrogens with one attached hydrogen (secondary N) is 2. The van der Waals surface area contributed by atoms with Gasteiger partial charge in [-0.1, -0.05) is 24.3 Å². The number of hydrogen-bond donors (Lipinski definition) is 2. The number of benzene rings is 1. The van der Waals surface area contributed by atoms with Gasteiger partial charge in [0.05, 0.1) is 16.3 Å². The van der Waals surface area contributed by atoms with Crippen LogP contribution in [0.3, 0.4) is 0 Å². The lowest BCUT2D eigenvalue weighted by atomic mass is 10.2. The van der Waals surface area contributed by atoms with Crippen LogP contribution in [0.25, 0.3) is 11.4 Å². The first-order valence-electron chi connectivity index (χ1n) is 9.68. The Bertz CT molecular complexity index is 980. The maximum Gasteiger partial charge on any atom is 0.274 e. The fourth-order valence-electron chi connectivity index (χ4n) is 2.88. The molecule has 0 atom stereocenters. The van der Waals surface area contributed by atoms with Gasteiger partial charge in [0.2, 0.25) is 5.95 Å². The minimum absolute atomic E-state index is 0.0750. The summed E-state index contributed by atoms with van der Waals surface area (Å²) in [7, 11) is 4.06. The zero-order valence-electron chi connectivity index (χ0n) is 17.1. The summed E-state index contributed by atoms with van der Waals surface area (Å²) in [6, 6.07) is 14.1. The normalized spacial score (nSPS) is 10.8. The molecule has 156 valence electrons. The molecule has 9 heteroatoms. The summed E-state index contributed by atoms with van der Waals surface area (Å²) in [6.07, 6.45) is 2.66. The molecule has 2 aromatic heterocycles. The van der Waals surface area contributed by atoms with Gasteiger partial charge >= 0.3 is 0 Å². The van der Waals surface area contributed by atoms with E-state index in [1.54, 1.807) is 30.5 Å². The standard InChI is InChI=1S/C21H25N7O2/c1-27(2)13-7-12-23-21-25-18(17-9-5-6-11-22-17)14-20(26-21)24-15-16-8-3-4-10-19(16)28(29)30/h3-6,8-11,14H,7,12-13,15H2,1-2H3,(H2,23,24,25,26). The average molecular weight is 407 g/mol. The van der Waals surface area contributed by atoms with E-state index in [0.29, 0.717) is 23.0 Å². The predicted octanol–water partition coefficient (Wildman–Crippen LogP) is 3.42. The second kappa shape index (κ2) is 10.3. The highest BCUT2D eigenvalue weighted by Crippen LogP contribution is 2.22. The number of aromatic nitrogens is 3. The van der Waals surface area contributed by atoms with Crippen molar-refractivity contribution in [1.29, 1.82) is 0 Å². The number of anilines is 2. The number of nitrogens with zero attached hydrogens (tertiary/aromatic N) is 5. The summed E-state index contributed by atoms with van der Waals surface area (Å²) in [5, 5.41) is 17.7. The molecule has 3 rings (SSSR count). The molecule has 2 heterocycles. The molecule has 0 aliphatic carbocycles. The molecule has 9 nitrogen and oxygen atoms in total. The van der Waals surface area contributed by atoms with Gasteiger partial charge in [0.25, 0.3) is 5.69 Å². The predicted molar refractivity (Wildman–Crippen MR) is 117 cm³/mol. The molecule has 0 bridgehead atoms. The number of nitro benzene ring substituents is 1. The third kappa shape index (κ3) is 5.95. The van der Waals surface area contributed by atoms with Crippen molar-refractivity contribution < 1.29 is 4.92 Å². The first kappa shape index (κ1) is 21.1. The van der Waals surface area contributed by atoms with Crippen molar-refractivity contribution in [3.8, 4) is 11.4 Å². The lowest BCUT2D eigenvalue weighted by molar-refractivity contribution is -0.385. The van der Waals surface area contributed by atoms with E-state index < -0.39 is 0 Å². The zero-order valence-corrected chi connectivity index (χ0v) is 17.1. The van der Waals surface area contributed by atoms with Crippen molar-refractivity contribution in [2.24, 2.45) is 0 Å². The van der Waals surface area contributed by atoms with Crippen LogP contribution in [0.4, 0.5) is 17.5 Å². The smallest absolute Gasteiger partial charge is 0.274 e. The molecule has 0 spiro atoms. The molecule has 0 radical (unpaired) electrons. The lowest BCUT2D eigenvalue weighted by Gasteiger charge is -2.12. The van der Waals surface area contributed by atoms with Crippen molar-refractivity contribution in [2.75, 3.05) is 37.8 Å². The largest absolute Gasteiger partial charge is 0.366 e. The van der Waals surface area contributed by atoms with Crippen LogP contribution in [0.15, 0.2) is 54.7 Å². The average Bonchev–Trinajstić information content (AvgIpc) is 2.76. The van der Waals surface area contributed by atoms with Crippen molar-refractivity contribution in [3.05, 3.63) is 70.4 Å². The Balaban J connectivity index is 1.80. The van der Waals surface area contributed by atoms with Crippen LogP contribution in [-0.4, -0.2) is 52.0 Å². The third-order valence-corrected chi connectivity index (χ3v) is 4.37. The summed E-state index contributed by atoms with van der Waals surface area (Å²) in [4.78, 5) is 26.4. The third-order valence-electron chi connectivity index (χ3n) is 4.37. The quantitative estimate of drug-likeness (QED) is 0.299. The number of pyridine rings is 1. The Morgan fingerprint density at radius 1 is 1.03 bits per heavy atom. The first-order chi connectivity index (χ1) is 14.5. The fraction of sp³-hybridized carbons (Fsp3) is 0.286. The van der Waals surface area contributed by atoms with Gasteiger partial charge in [-0.2, -0.15) is 4.98 Å². The minimum Gasteiger partial charge on any atom is -0.366 e. The van der Waals surface area contributed by atoms with Gasteiger partial charge in [-0.3, -0.25) is 15.1 Å². The Morgan fingerprint density at radius 3 is 2.57 bits per heavy atom. The highest BCUT2D eigenvalue weighted by Gasteiger charge is 2.13. The van der Waals surface area contributed by atoms with Gasteiger partial charge in [-0.05, 0) is 39.2 Å². The van der Waals surface area contributed by atoms with E-state index in [-0.39, 0.29) is 17.2 Å². The van der Waals surface area contributed by atoms with Gasteiger partial charge in [0, 0.05) is 37.0 Å². The molecule has 0 aliphatic rings. The Morgan fingerprint density at radius 2 is 1.83 bits per heavy atom. The molecular weight excluding hydrogens is 382 g/mol. The first-order valence-corrected chi connectivity index (χ1v) is 9.68. The number of para-hydroxylation sites is 1. The summed E-state index contributed by atoms with van der Waals surface area (Å²) >= 11 is 0. The van der Waals surface area contributed by atoms with E-state index in [4.69, 9.17) is 0 Å². The van der Waals surface area contributed by atoms with Crippen molar-refractivity contribution >= 4 is 17.5 Å². The second-order valence-corrected chi connectivity index (χ2v) is 7.00. The summed E-state index contributed by atoms with van der Waals surface area (Å²) < 4.78 is 0. The molecular formula is C21H25N7O2. The molecule has 0 amide bonds. The van der Waals surface area contributed by atoms with Gasteiger partial charge < -0.3 is 15.5 Å². The van der Waals surface area contributed by atoms with Crippen LogP contribution < -0.4 is 10.6 Å². The van der Waals surface area contributed by atoms with Gasteiger partial charge in [0.15, 0.2) is 0 Å². The van der Waals surface area contributed by atoms with Crippen LogP contribution in [0.1, 0.15) is 12.0 Å². The van der Waals surface area contributed by atoms with Crippen LogP contribution >= 0.6 is 0 Å². The number of hydrogen-bond acceptors (Lipinski definition) is 8. The van der Waals surface area contributed by atoms with E-state index >= 15 is 0 Å². The van der Waals surface area contributed by atoms with Crippen LogP contribution in [0.2, 0.25) is 0 Å². The molecule has 30 heavy (non-hydrogen) atoms.